The van der Waals surface area contributed by atoms with Gasteiger partial charge in [0.1, 0.15) is 0 Å². The second-order valence-electron chi connectivity index (χ2n) is 20.2. The zero-order chi connectivity index (χ0) is 53.9. The van der Waals surface area contributed by atoms with Crippen molar-refractivity contribution in [1.29, 1.82) is 0 Å². The molecule has 0 spiro atoms. The fraction of sp³-hybridized carbons (Fsp3) is 0.136. The van der Waals surface area contributed by atoms with Crippen LogP contribution in [0.25, 0.3) is 106 Å². The zero-order valence-corrected chi connectivity index (χ0v) is 46.1. The molecule has 8 aromatic carbocycles. The number of furan rings is 1. The van der Waals surface area contributed by atoms with Gasteiger partial charge >= 0.3 is 135 Å². The molecule has 0 aliphatic heterocycles. The van der Waals surface area contributed by atoms with Crippen molar-refractivity contribution >= 4 is 61.5 Å². The molecule has 4 heterocycles. The third-order valence-corrected chi connectivity index (χ3v) is 17.1. The molecule has 0 aliphatic carbocycles. The Morgan fingerprint density at radius 3 is 1.96 bits per heavy atom. The summed E-state index contributed by atoms with van der Waals surface area (Å²) in [6.45, 7) is 3.69. The van der Waals surface area contributed by atoms with Crippen molar-refractivity contribution in [3.8, 4) is 61.8 Å². The van der Waals surface area contributed by atoms with E-state index >= 15 is 0 Å². The van der Waals surface area contributed by atoms with E-state index in [1.165, 1.54) is 0 Å². The minimum absolute atomic E-state index is 0. The predicted octanol–water partition coefficient (Wildman–Crippen LogP) is 16.9. The quantitative estimate of drug-likeness (QED) is 0.112. The molecular weight excluding hydrogens is 1130 g/mol. The summed E-state index contributed by atoms with van der Waals surface area (Å²) in [7, 11) is 0. The molecule has 12 aromatic rings. The van der Waals surface area contributed by atoms with E-state index in [4.69, 9.17) is 21.2 Å². The Bertz CT molecular complexity index is 4070. The molecule has 0 saturated heterocycles. The summed E-state index contributed by atoms with van der Waals surface area (Å²) in [4.78, 5) is 15.1. The monoisotopic (exact) mass is 1190 g/mol. The number of para-hydroxylation sites is 3. The van der Waals surface area contributed by atoms with Crippen LogP contribution in [-0.4, -0.2) is 32.8 Å². The van der Waals surface area contributed by atoms with Crippen molar-refractivity contribution in [2.45, 2.75) is 51.3 Å². The summed E-state index contributed by atoms with van der Waals surface area (Å²) in [6, 6.07) is 71.0. The Labute approximate surface area is 451 Å². The number of fused-ring (bicyclic) bond motifs is 6. The molecule has 0 amide bonds. The molecule has 0 unspecified atom stereocenters. The average molecular weight is 1190 g/mol. The zero-order valence-electron chi connectivity index (χ0n) is 46.6. The smallest absolute Gasteiger partial charge is 0 e. The van der Waals surface area contributed by atoms with E-state index in [0.717, 1.165) is 98.6 Å². The number of pyridine rings is 2. The summed E-state index contributed by atoms with van der Waals surface area (Å²) < 4.78 is 51.3. The molecule has 4 aromatic heterocycles. The van der Waals surface area contributed by atoms with Crippen LogP contribution in [0.2, 0.25) is 17.3 Å². The molecule has 361 valence electrons. The van der Waals surface area contributed by atoms with Crippen LogP contribution in [0.1, 0.15) is 38.8 Å². The van der Waals surface area contributed by atoms with Crippen LogP contribution in [0, 0.1) is 24.4 Å². The number of benzene rings is 8. The molecule has 73 heavy (non-hydrogen) atoms. The van der Waals surface area contributed by atoms with E-state index in [1.54, 1.807) is 12.1 Å². The summed E-state index contributed by atoms with van der Waals surface area (Å²) in [6.07, 6.45) is 0.502. The normalized spacial score (nSPS) is 13.1. The Kier molecular flexibility index (Phi) is 12.1. The van der Waals surface area contributed by atoms with Crippen molar-refractivity contribution in [2.24, 2.45) is 5.41 Å². The number of imidazole rings is 1. The Morgan fingerprint density at radius 2 is 1.30 bits per heavy atom. The SMILES string of the molecule is [2H]C([2H])([2H])c1ccc(-c2nc3oc4c(-c5nc6ccccc6n5-c5c(-c6ccccc6)cccc5-c5ccccc5)[c-]ccc4c3c3ccccc23)cc1.[2H]C([2H])(c1cc(-c2[c-]cccc2)nc[c]1[Ge]([CH3])([CH3])[CH3])C(C)(C)C.[Ir]. The molecule has 5 nitrogen and oxygen atoms in total. The van der Waals surface area contributed by atoms with Gasteiger partial charge < -0.3 is 8.98 Å². The molecule has 0 N–H and O–H groups in total. The number of aryl methyl sites for hydroxylation is 1. The molecule has 0 fully saturated rings. The van der Waals surface area contributed by atoms with Crippen LogP contribution in [-0.2, 0) is 26.5 Å². The maximum Gasteiger partial charge on any atom is 0 e. The van der Waals surface area contributed by atoms with Gasteiger partial charge in [-0.15, -0.1) is 18.2 Å². The van der Waals surface area contributed by atoms with E-state index < -0.39 is 31.9 Å². The van der Waals surface area contributed by atoms with Crippen LogP contribution in [0.3, 0.4) is 0 Å². The van der Waals surface area contributed by atoms with Gasteiger partial charge in [0.15, 0.2) is 0 Å². The molecule has 7 heteroatoms. The fourth-order valence-corrected chi connectivity index (χ4v) is 12.6. The first-order valence-corrected chi connectivity index (χ1v) is 31.7. The van der Waals surface area contributed by atoms with Crippen LogP contribution < -0.4 is 4.40 Å². The standard InChI is InChI=1S/C47H30N3O.C19H26GeN.Ir/c1-30-26-28-33(29-27-30)43-37-19-9-8-18-36(37)42-38-22-13-23-39(45(38)51-47(42)49-43)46-48-40-24-10-11-25-41(40)50(46)44-34(31-14-4-2-5-15-31)20-12-21-35(44)32-16-6-3-7-17-32;1-19(2,3)13-16-12-18(15-10-8-7-9-11-15)21-14-17(16)20(4,5)6;/h2-22,24-29H,1H3;7-10,12,14H,13H2,1-6H3;/q2*-1;/i1D3;13D2;. The number of aromatic nitrogens is 4. The van der Waals surface area contributed by atoms with Gasteiger partial charge in [-0.1, -0.05) is 156 Å². The van der Waals surface area contributed by atoms with E-state index in [9.17, 15) is 0 Å². The molecule has 0 bridgehead atoms. The first kappa shape index (κ1) is 43.4. The number of hydrogen-bond donors (Lipinski definition) is 0. The van der Waals surface area contributed by atoms with Gasteiger partial charge in [-0.2, -0.15) is 0 Å². The fourth-order valence-electron chi connectivity index (χ4n) is 9.64. The van der Waals surface area contributed by atoms with Gasteiger partial charge in [0, 0.05) is 51.7 Å². The second-order valence-corrected chi connectivity index (χ2v) is 30.7. The summed E-state index contributed by atoms with van der Waals surface area (Å²) in [5.74, 6) is 7.56. The van der Waals surface area contributed by atoms with E-state index in [0.29, 0.717) is 17.1 Å². The van der Waals surface area contributed by atoms with Gasteiger partial charge in [-0.05, 0) is 35.5 Å². The van der Waals surface area contributed by atoms with E-state index in [-0.39, 0.29) is 25.7 Å². The van der Waals surface area contributed by atoms with Gasteiger partial charge in [-0.25, -0.2) is 4.98 Å². The maximum atomic E-state index is 8.76. The van der Waals surface area contributed by atoms with Gasteiger partial charge in [-0.3, -0.25) is 4.98 Å². The molecular formula is C66H56GeIrN4O-2. The van der Waals surface area contributed by atoms with E-state index in [2.05, 4.69) is 124 Å². The minimum atomic E-state index is -2.24. The second kappa shape index (κ2) is 20.4. The number of nitrogens with zero attached hydrogens (tertiary/aromatic N) is 4. The average Bonchev–Trinajstić information content (AvgIpc) is 3.95. The third-order valence-electron chi connectivity index (χ3n) is 12.9. The molecule has 0 saturated carbocycles. The number of hydrogen-bond acceptors (Lipinski definition) is 4. The summed E-state index contributed by atoms with van der Waals surface area (Å²) in [5, 5.41) is 3.74. The maximum absolute atomic E-state index is 8.76. The van der Waals surface area contributed by atoms with Crippen molar-refractivity contribution < 1.29 is 31.4 Å². The van der Waals surface area contributed by atoms with Crippen LogP contribution in [0.15, 0.2) is 205 Å². The largest absolute Gasteiger partial charge is 0 e. The van der Waals surface area contributed by atoms with Crippen LogP contribution in [0.5, 0.6) is 0 Å². The first-order chi connectivity index (χ1) is 36.9. The molecule has 1 radical (unpaired) electrons. The third kappa shape index (κ3) is 9.88. The summed E-state index contributed by atoms with van der Waals surface area (Å²) in [5.41, 5.74) is 12.8. The van der Waals surface area contributed by atoms with Gasteiger partial charge in [0.05, 0.1) is 33.8 Å². The Hall–Kier alpha value is -7.22. The van der Waals surface area contributed by atoms with Crippen molar-refractivity contribution in [2.75, 3.05) is 0 Å². The first-order valence-electron chi connectivity index (χ1n) is 26.9. The molecule has 0 aliphatic rings. The Morgan fingerprint density at radius 1 is 0.644 bits per heavy atom. The molecule has 12 rings (SSSR count). The number of rotatable bonds is 8. The van der Waals surface area contributed by atoms with Crippen molar-refractivity contribution in [3.63, 3.8) is 0 Å². The van der Waals surface area contributed by atoms with Crippen molar-refractivity contribution in [1.82, 2.24) is 19.5 Å². The Balaban J connectivity index is 0.000000242. The minimum Gasteiger partial charge on any atom is 0 e. The predicted molar refractivity (Wildman–Crippen MR) is 304 cm³/mol. The van der Waals surface area contributed by atoms with Crippen molar-refractivity contribution in [3.05, 3.63) is 224 Å². The topological polar surface area (TPSA) is 56.7 Å². The van der Waals surface area contributed by atoms with Gasteiger partial charge in [0.2, 0.25) is 5.71 Å². The van der Waals surface area contributed by atoms with Gasteiger partial charge in [0.25, 0.3) is 0 Å². The van der Waals surface area contributed by atoms with E-state index in [1.807, 2.05) is 124 Å². The molecule has 0 atom stereocenters. The van der Waals surface area contributed by atoms with Crippen LogP contribution >= 0.6 is 0 Å². The summed E-state index contributed by atoms with van der Waals surface area (Å²) >= 11 is -2.24. The van der Waals surface area contributed by atoms with Crippen LogP contribution in [0.4, 0.5) is 0 Å².